The Kier molecular flexibility index (Phi) is 8.69. The molecule has 0 radical (unpaired) electrons. The first-order valence-corrected chi connectivity index (χ1v) is 11.0. The zero-order valence-corrected chi connectivity index (χ0v) is 17.1. The minimum Gasteiger partial charge on any atom is -0.379 e. The van der Waals surface area contributed by atoms with E-state index in [4.69, 9.17) is 4.74 Å². The molecule has 0 unspecified atom stereocenters. The number of hydrogen-bond donors (Lipinski definition) is 2. The van der Waals surface area contributed by atoms with Crippen LogP contribution in [0.3, 0.4) is 0 Å². The molecule has 1 heterocycles. The van der Waals surface area contributed by atoms with Crippen molar-refractivity contribution in [1.82, 2.24) is 14.9 Å². The standard InChI is InChI=1S/C19H31N3O4S/c1-16-5-6-18(15-17(16)2)27(24,25)21-9-7-19(23)20-8-3-4-10-22-11-13-26-14-12-22/h5-6,15,21H,3-4,7-14H2,1-2H3,(H,20,23). The topological polar surface area (TPSA) is 87.7 Å². The van der Waals surface area contributed by atoms with Crippen molar-refractivity contribution in [2.75, 3.05) is 45.9 Å². The fraction of sp³-hybridized carbons (Fsp3) is 0.632. The lowest BCUT2D eigenvalue weighted by atomic mass is 10.1. The van der Waals surface area contributed by atoms with Gasteiger partial charge in [-0.15, -0.1) is 0 Å². The molecule has 0 aliphatic carbocycles. The van der Waals surface area contributed by atoms with Crippen LogP contribution in [0.2, 0.25) is 0 Å². The second-order valence-electron chi connectivity index (χ2n) is 6.90. The molecule has 0 aromatic heterocycles. The van der Waals surface area contributed by atoms with Crippen molar-refractivity contribution in [1.29, 1.82) is 0 Å². The molecule has 27 heavy (non-hydrogen) atoms. The molecule has 1 aliphatic rings. The van der Waals surface area contributed by atoms with Crippen molar-refractivity contribution in [2.45, 2.75) is 38.0 Å². The third-order valence-corrected chi connectivity index (χ3v) is 6.22. The van der Waals surface area contributed by atoms with Gasteiger partial charge in [-0.3, -0.25) is 9.69 Å². The minimum absolute atomic E-state index is 0.0921. The summed E-state index contributed by atoms with van der Waals surface area (Å²) in [6, 6.07) is 5.01. The van der Waals surface area contributed by atoms with Gasteiger partial charge in [-0.05, 0) is 56.5 Å². The Balaban J connectivity index is 1.60. The Bertz CT molecular complexity index is 716. The molecule has 0 saturated carbocycles. The number of amides is 1. The molecule has 1 aromatic rings. The van der Waals surface area contributed by atoms with Crippen LogP contribution in [0.15, 0.2) is 23.1 Å². The van der Waals surface area contributed by atoms with Crippen LogP contribution in [0.5, 0.6) is 0 Å². The van der Waals surface area contributed by atoms with Gasteiger partial charge in [-0.2, -0.15) is 0 Å². The largest absolute Gasteiger partial charge is 0.379 e. The van der Waals surface area contributed by atoms with E-state index < -0.39 is 10.0 Å². The number of rotatable bonds is 10. The maximum atomic E-state index is 12.3. The molecule has 0 spiro atoms. The summed E-state index contributed by atoms with van der Waals surface area (Å²) in [6.07, 6.45) is 2.07. The zero-order chi connectivity index (χ0) is 19.7. The first-order valence-electron chi connectivity index (χ1n) is 9.52. The molecule has 0 atom stereocenters. The van der Waals surface area contributed by atoms with Gasteiger partial charge in [0.05, 0.1) is 18.1 Å². The summed E-state index contributed by atoms with van der Waals surface area (Å²) in [6.45, 7) is 9.10. The summed E-state index contributed by atoms with van der Waals surface area (Å²) in [5, 5.41) is 2.85. The summed E-state index contributed by atoms with van der Waals surface area (Å²) in [4.78, 5) is 14.5. The molecule has 7 nitrogen and oxygen atoms in total. The molecule has 0 bridgehead atoms. The maximum Gasteiger partial charge on any atom is 0.240 e. The van der Waals surface area contributed by atoms with Gasteiger partial charge < -0.3 is 10.1 Å². The van der Waals surface area contributed by atoms with Crippen LogP contribution in [-0.2, 0) is 19.6 Å². The van der Waals surface area contributed by atoms with E-state index in [1.165, 1.54) is 0 Å². The Morgan fingerprint density at radius 2 is 1.85 bits per heavy atom. The van der Waals surface area contributed by atoms with Gasteiger partial charge in [-0.1, -0.05) is 6.07 Å². The molecule has 8 heteroatoms. The van der Waals surface area contributed by atoms with E-state index >= 15 is 0 Å². The van der Waals surface area contributed by atoms with Crippen LogP contribution >= 0.6 is 0 Å². The molecular formula is C19H31N3O4S. The highest BCUT2D eigenvalue weighted by molar-refractivity contribution is 7.89. The Morgan fingerprint density at radius 3 is 2.56 bits per heavy atom. The Labute approximate surface area is 162 Å². The number of unbranched alkanes of at least 4 members (excludes halogenated alkanes) is 1. The Hall–Kier alpha value is -1.48. The van der Waals surface area contributed by atoms with E-state index in [1.807, 2.05) is 13.8 Å². The van der Waals surface area contributed by atoms with Crippen LogP contribution in [0.1, 0.15) is 30.4 Å². The molecule has 1 saturated heterocycles. The first kappa shape index (κ1) is 21.8. The van der Waals surface area contributed by atoms with Crippen LogP contribution in [0, 0.1) is 13.8 Å². The molecule has 1 amide bonds. The van der Waals surface area contributed by atoms with E-state index in [1.54, 1.807) is 18.2 Å². The lowest BCUT2D eigenvalue weighted by Crippen LogP contribution is -2.37. The smallest absolute Gasteiger partial charge is 0.240 e. The van der Waals surface area contributed by atoms with Crippen molar-refractivity contribution in [2.24, 2.45) is 0 Å². The number of aryl methyl sites for hydroxylation is 2. The van der Waals surface area contributed by atoms with Crippen molar-refractivity contribution in [3.8, 4) is 0 Å². The number of nitrogens with one attached hydrogen (secondary N) is 2. The molecular weight excluding hydrogens is 366 g/mol. The summed E-state index contributed by atoms with van der Waals surface area (Å²) in [5.41, 5.74) is 1.97. The highest BCUT2D eigenvalue weighted by Crippen LogP contribution is 2.14. The molecule has 1 aromatic carbocycles. The highest BCUT2D eigenvalue weighted by Gasteiger charge is 2.15. The minimum atomic E-state index is -3.58. The molecule has 1 aliphatic heterocycles. The number of carbonyl (C=O) groups excluding carboxylic acids is 1. The highest BCUT2D eigenvalue weighted by atomic mass is 32.2. The number of benzene rings is 1. The summed E-state index contributed by atoms with van der Waals surface area (Å²) in [5.74, 6) is -0.135. The van der Waals surface area contributed by atoms with E-state index in [0.717, 1.165) is 56.8 Å². The summed E-state index contributed by atoms with van der Waals surface area (Å²) >= 11 is 0. The van der Waals surface area contributed by atoms with Crippen molar-refractivity contribution >= 4 is 15.9 Å². The number of nitrogens with zero attached hydrogens (tertiary/aromatic N) is 1. The lowest BCUT2D eigenvalue weighted by Gasteiger charge is -2.26. The van der Waals surface area contributed by atoms with Crippen molar-refractivity contribution in [3.05, 3.63) is 29.3 Å². The average molecular weight is 398 g/mol. The van der Waals surface area contributed by atoms with Gasteiger partial charge in [0.2, 0.25) is 15.9 Å². The number of sulfonamides is 1. The molecule has 2 N–H and O–H groups in total. The predicted molar refractivity (Wildman–Crippen MR) is 105 cm³/mol. The van der Waals surface area contributed by atoms with Gasteiger partial charge in [0, 0.05) is 32.6 Å². The van der Waals surface area contributed by atoms with E-state index in [-0.39, 0.29) is 23.8 Å². The van der Waals surface area contributed by atoms with E-state index in [0.29, 0.717) is 6.54 Å². The maximum absolute atomic E-state index is 12.3. The van der Waals surface area contributed by atoms with Crippen molar-refractivity contribution in [3.63, 3.8) is 0 Å². The second-order valence-corrected chi connectivity index (χ2v) is 8.67. The van der Waals surface area contributed by atoms with Crippen molar-refractivity contribution < 1.29 is 17.9 Å². The number of carbonyl (C=O) groups is 1. The number of morpholine rings is 1. The third-order valence-electron chi connectivity index (χ3n) is 4.76. The molecule has 1 fully saturated rings. The van der Waals surface area contributed by atoms with Crippen LogP contribution < -0.4 is 10.0 Å². The van der Waals surface area contributed by atoms with Gasteiger partial charge in [0.15, 0.2) is 0 Å². The fourth-order valence-electron chi connectivity index (χ4n) is 2.86. The fourth-order valence-corrected chi connectivity index (χ4v) is 3.98. The van der Waals surface area contributed by atoms with Gasteiger partial charge in [0.25, 0.3) is 0 Å². The SMILES string of the molecule is Cc1ccc(S(=O)(=O)NCCC(=O)NCCCCN2CCOCC2)cc1C. The first-order chi connectivity index (χ1) is 12.9. The lowest BCUT2D eigenvalue weighted by molar-refractivity contribution is -0.120. The second kappa shape index (κ2) is 10.8. The number of ether oxygens (including phenoxy) is 1. The molecule has 152 valence electrons. The average Bonchev–Trinajstić information content (AvgIpc) is 2.64. The van der Waals surface area contributed by atoms with Gasteiger partial charge in [-0.25, -0.2) is 13.1 Å². The van der Waals surface area contributed by atoms with Gasteiger partial charge >= 0.3 is 0 Å². The Morgan fingerprint density at radius 1 is 1.11 bits per heavy atom. The van der Waals surface area contributed by atoms with Gasteiger partial charge in [0.1, 0.15) is 0 Å². The van der Waals surface area contributed by atoms with E-state index in [2.05, 4.69) is 14.9 Å². The quantitative estimate of drug-likeness (QED) is 0.579. The molecule has 2 rings (SSSR count). The predicted octanol–water partition coefficient (Wildman–Crippen LogP) is 1.20. The zero-order valence-electron chi connectivity index (χ0n) is 16.3. The van der Waals surface area contributed by atoms with Crippen LogP contribution in [-0.4, -0.2) is 65.2 Å². The van der Waals surface area contributed by atoms with Crippen LogP contribution in [0.4, 0.5) is 0 Å². The summed E-state index contributed by atoms with van der Waals surface area (Å²) in [7, 11) is -3.58. The number of hydrogen-bond acceptors (Lipinski definition) is 5. The third kappa shape index (κ3) is 7.57. The summed E-state index contributed by atoms with van der Waals surface area (Å²) < 4.78 is 32.3. The van der Waals surface area contributed by atoms with E-state index in [9.17, 15) is 13.2 Å². The monoisotopic (exact) mass is 397 g/mol. The normalized spacial score (nSPS) is 15.6. The van der Waals surface area contributed by atoms with Crippen LogP contribution in [0.25, 0.3) is 0 Å².